The van der Waals surface area contributed by atoms with Crippen molar-refractivity contribution in [2.24, 2.45) is 0 Å². The van der Waals surface area contributed by atoms with E-state index >= 15 is 0 Å². The highest BCUT2D eigenvalue weighted by molar-refractivity contribution is 7.54. The Labute approximate surface area is 447 Å². The van der Waals surface area contributed by atoms with Crippen molar-refractivity contribution in [1.82, 2.24) is 29.9 Å². The molecule has 11 aromatic carbocycles. The lowest BCUT2D eigenvalue weighted by atomic mass is 9.92. The zero-order valence-electron chi connectivity index (χ0n) is 38.0. The Morgan fingerprint density at radius 1 is 0.297 bits per heavy atom. The number of aromatic nitrogens is 6. The molecule has 18 heteroatoms. The van der Waals surface area contributed by atoms with Gasteiger partial charge in [0.05, 0.1) is 11.1 Å². The van der Waals surface area contributed by atoms with Crippen molar-refractivity contribution in [2.75, 3.05) is 0 Å². The molecule has 0 saturated heterocycles. The fraction of sp³-hybridized carbons (Fsp3) is 0. The molecule has 13 rings (SSSR count). The van der Waals surface area contributed by atoms with Gasteiger partial charge in [0.15, 0.2) is 23.3 Å². The maximum absolute atomic E-state index is 10.6. The van der Waals surface area contributed by atoms with Gasteiger partial charge in [0, 0.05) is 29.3 Å². The molecule has 0 unspecified atom stereocenters. The number of phenols is 6. The summed E-state index contributed by atoms with van der Waals surface area (Å²) in [5, 5.41) is 72.0. The summed E-state index contributed by atoms with van der Waals surface area (Å²) in [6.45, 7) is 0. The maximum atomic E-state index is 10.6. The summed E-state index contributed by atoms with van der Waals surface area (Å²) in [5.74, 6) is 0.765. The number of phenolic OH excluding ortho intramolecular Hbond substituents is 6. The van der Waals surface area contributed by atoms with Gasteiger partial charge in [-0.2, -0.15) is 15.0 Å². The Kier molecular flexibility index (Phi) is 14.2. The fourth-order valence-corrected chi connectivity index (χ4v) is 9.32. The molecule has 2 heterocycles. The van der Waals surface area contributed by atoms with Gasteiger partial charge >= 0.3 is 11.4 Å². The molecular formula is C56H34AlCl5N6O6. The van der Waals surface area contributed by atoms with Gasteiger partial charge in [0.2, 0.25) is 10.6 Å². The van der Waals surface area contributed by atoms with Crippen LogP contribution in [-0.4, -0.2) is 71.9 Å². The minimum Gasteiger partial charge on any atom is -0.508 e. The predicted molar refractivity (Wildman–Crippen MR) is 299 cm³/mol. The molecule has 0 aliphatic heterocycles. The van der Waals surface area contributed by atoms with E-state index in [0.717, 1.165) is 48.8 Å². The summed E-state index contributed by atoms with van der Waals surface area (Å²) in [4.78, 5) is 26.3. The second-order valence-corrected chi connectivity index (χ2v) is 23.7. The van der Waals surface area contributed by atoms with Crippen LogP contribution in [-0.2, 0) is 0 Å². The molecule has 2 aromatic heterocycles. The van der Waals surface area contributed by atoms with Crippen LogP contribution < -0.4 is 0 Å². The van der Waals surface area contributed by atoms with Crippen molar-refractivity contribution in [2.45, 2.75) is 0 Å². The topological polar surface area (TPSA) is 199 Å². The molecule has 74 heavy (non-hydrogen) atoms. The second kappa shape index (κ2) is 21.0. The lowest BCUT2D eigenvalue weighted by Crippen LogP contribution is -2.01. The zero-order valence-corrected chi connectivity index (χ0v) is 42.9. The largest absolute Gasteiger partial charge is 0.643 e. The molecule has 0 aliphatic rings. The lowest BCUT2D eigenvalue weighted by molar-refractivity contribution is 0.449. The number of hydrogen-bond donors (Lipinski definition) is 6. The zero-order chi connectivity index (χ0) is 51.8. The molecule has 0 spiro atoms. The van der Waals surface area contributed by atoms with Gasteiger partial charge in [-0.05, 0) is 136 Å². The fourth-order valence-electron chi connectivity index (χ4n) is 8.96. The van der Waals surface area contributed by atoms with Crippen molar-refractivity contribution in [3.05, 3.63) is 180 Å². The van der Waals surface area contributed by atoms with Crippen LogP contribution in [0.3, 0.4) is 0 Å². The number of rotatable bonds is 4. The van der Waals surface area contributed by atoms with E-state index in [2.05, 4.69) is 105 Å². The van der Waals surface area contributed by atoms with Gasteiger partial charge in [-0.25, -0.2) is 45.1 Å². The van der Waals surface area contributed by atoms with Crippen molar-refractivity contribution >= 4 is 129 Å². The molecule has 0 bridgehead atoms. The summed E-state index contributed by atoms with van der Waals surface area (Å²) >= 11 is 10.2. The van der Waals surface area contributed by atoms with E-state index in [-0.39, 0.29) is 56.7 Å². The van der Waals surface area contributed by atoms with Crippen molar-refractivity contribution < 1.29 is 30.6 Å². The molecule has 12 nitrogen and oxygen atoms in total. The van der Waals surface area contributed by atoms with E-state index in [1.807, 2.05) is 24.3 Å². The van der Waals surface area contributed by atoms with Crippen LogP contribution in [0, 0.1) is 0 Å². The Morgan fingerprint density at radius 3 is 0.959 bits per heavy atom. The third-order valence-corrected chi connectivity index (χ3v) is 12.4. The van der Waals surface area contributed by atoms with Crippen LogP contribution in [0.4, 0.5) is 0 Å². The van der Waals surface area contributed by atoms with Crippen LogP contribution >= 0.6 is 53.3 Å². The SMILES string of the molecule is Clc1nc(Cl)nc(-c2ccc3ccc4cccc5ccc2c3c45)n1.Oc1ccc(-c2nc(-c3ccc(O)cc3O)nc(-c3ccc4ccc5cccc6ccc3c4c56)n2)c(O)c1.Oc1cccc(O)c1.[Cl][Al]([Cl])[Cl]. The van der Waals surface area contributed by atoms with Crippen molar-refractivity contribution in [1.29, 1.82) is 0 Å². The number of nitrogens with zero attached hydrogens (tertiary/aromatic N) is 6. The quantitative estimate of drug-likeness (QED) is 0.0721. The van der Waals surface area contributed by atoms with Gasteiger partial charge < -0.3 is 30.6 Å². The first-order chi connectivity index (χ1) is 35.7. The Hall–Kier alpha value is -7.70. The molecule has 0 radical (unpaired) electrons. The monoisotopic (exact) mass is 1090 g/mol. The highest BCUT2D eigenvalue weighted by Gasteiger charge is 2.20. The Bertz CT molecular complexity index is 4090. The number of benzene rings is 11. The normalized spacial score (nSPS) is 11.1. The summed E-state index contributed by atoms with van der Waals surface area (Å²) in [5.41, 5.74) is 2.25. The van der Waals surface area contributed by atoms with Crippen LogP contribution in [0.5, 0.6) is 34.5 Å². The van der Waals surface area contributed by atoms with Crippen LogP contribution in [0.1, 0.15) is 0 Å². The second-order valence-electron chi connectivity index (χ2n) is 16.6. The van der Waals surface area contributed by atoms with Gasteiger partial charge in [0.25, 0.3) is 0 Å². The van der Waals surface area contributed by atoms with Crippen LogP contribution in [0.15, 0.2) is 170 Å². The van der Waals surface area contributed by atoms with E-state index in [1.54, 1.807) is 6.07 Å². The highest BCUT2D eigenvalue weighted by Crippen LogP contribution is 2.42. The summed E-state index contributed by atoms with van der Waals surface area (Å²) in [6, 6.07) is 51.7. The average Bonchev–Trinajstić information content (AvgIpc) is 3.38. The van der Waals surface area contributed by atoms with Gasteiger partial charge in [-0.3, -0.25) is 0 Å². The van der Waals surface area contributed by atoms with Gasteiger partial charge in [0.1, 0.15) is 34.5 Å². The molecule has 0 amide bonds. The first kappa shape index (κ1) is 49.9. The maximum Gasteiger partial charge on any atom is 0.643 e. The number of hydrogen-bond acceptors (Lipinski definition) is 12. The average molecular weight is 1090 g/mol. The van der Waals surface area contributed by atoms with E-state index in [0.29, 0.717) is 22.8 Å². The van der Waals surface area contributed by atoms with E-state index in [9.17, 15) is 20.4 Å². The first-order valence-electron chi connectivity index (χ1n) is 22.3. The van der Waals surface area contributed by atoms with Crippen LogP contribution in [0.2, 0.25) is 10.6 Å². The van der Waals surface area contributed by atoms with E-state index < -0.39 is 11.4 Å². The Morgan fingerprint density at radius 2 is 0.595 bits per heavy atom. The summed E-state index contributed by atoms with van der Waals surface area (Å²) in [7, 11) is 14.8. The third kappa shape index (κ3) is 10.3. The van der Waals surface area contributed by atoms with E-state index in [4.69, 9.17) is 73.5 Å². The highest BCUT2D eigenvalue weighted by atomic mass is 35.8. The third-order valence-electron chi connectivity index (χ3n) is 12.0. The smallest absolute Gasteiger partial charge is 0.508 e. The molecule has 0 saturated carbocycles. The summed E-state index contributed by atoms with van der Waals surface area (Å²) < 4.78 is 0. The van der Waals surface area contributed by atoms with Gasteiger partial charge in [-0.1, -0.05) is 103 Å². The first-order valence-corrected chi connectivity index (χ1v) is 28.3. The minimum atomic E-state index is -1.72. The molecule has 13 aromatic rings. The van der Waals surface area contributed by atoms with Gasteiger partial charge in [-0.15, -0.1) is 0 Å². The summed E-state index contributed by atoms with van der Waals surface area (Å²) in [6.07, 6.45) is 0. The minimum absolute atomic E-state index is 0.0880. The molecule has 0 fully saturated rings. The molecular weight excluding hydrogens is 1060 g/mol. The standard InChI is InChI=1S/C31H19N3O4.C19H9Cl2N3.C6H6O2.Al.3ClH/c35-19-8-12-23(25(37)14-19)30-32-29(33-31(34-30)24-13-9-20(36)15-26(24)38)22-11-7-18-5-4-16-2-1-3-17-6-10-21(22)28(18)27(16)17;20-18-22-17(23-19(21)24-18)14-9-7-12-5-4-10-2-1-3-11-6-8-13(14)16(12)15(10)11;7-5-2-1-3-6(8)4-5;;;;/h1-15,35-38H;1-9H;1-4,7-8H;;3*1H/q;;;+3;;;/p-3. The van der Waals surface area contributed by atoms with Crippen molar-refractivity contribution in [3.63, 3.8) is 0 Å². The molecule has 0 aliphatic carbocycles. The molecule has 6 N–H and O–H groups in total. The number of halogens is 5. The molecule has 362 valence electrons. The van der Waals surface area contributed by atoms with Crippen molar-refractivity contribution in [3.8, 4) is 80.0 Å². The number of aromatic hydroxyl groups is 6. The molecule has 0 atom stereocenters. The lowest BCUT2D eigenvalue weighted by Gasteiger charge is -2.15. The van der Waals surface area contributed by atoms with E-state index in [1.165, 1.54) is 81.5 Å². The van der Waals surface area contributed by atoms with Crippen LogP contribution in [0.25, 0.3) is 110 Å². The predicted octanol–water partition coefficient (Wildman–Crippen LogP) is 15.1. The Balaban J connectivity index is 0.000000147.